The summed E-state index contributed by atoms with van der Waals surface area (Å²) < 4.78 is 0. The molecule has 0 amide bonds. The lowest BCUT2D eigenvalue weighted by atomic mass is 10.0. The number of unbranched alkanes of at least 4 members (excludes halogenated alkanes) is 24. The Morgan fingerprint density at radius 3 is 0.636 bits per heavy atom. The molecule has 0 heteroatoms. The van der Waals surface area contributed by atoms with Gasteiger partial charge in [-0.3, -0.25) is 0 Å². The van der Waals surface area contributed by atoms with Crippen LogP contribution in [-0.4, -0.2) is 0 Å². The van der Waals surface area contributed by atoms with Crippen molar-refractivity contribution in [3.05, 3.63) is 24.3 Å². The summed E-state index contributed by atoms with van der Waals surface area (Å²) in [5.41, 5.74) is 0. The highest BCUT2D eigenvalue weighted by Crippen LogP contribution is 2.13. The predicted molar refractivity (Wildman–Crippen MR) is 154 cm³/mol. The van der Waals surface area contributed by atoms with Crippen LogP contribution in [0.15, 0.2) is 24.3 Å². The number of allylic oxidation sites excluding steroid dienone is 4. The summed E-state index contributed by atoms with van der Waals surface area (Å²) in [4.78, 5) is 0. The molecular weight excluding hydrogens is 396 g/mol. The standard InChI is InChI=1S/C33H64/c1-3-5-7-9-11-13-15-17-19-21-23-25-27-29-31-33-32-30-28-26-24-22-20-18-16-14-12-10-8-6-4-2/h17,19,28,30H,3-16,18,20-27,29,31-33H2,1-2H3. The van der Waals surface area contributed by atoms with E-state index in [2.05, 4.69) is 38.2 Å². The van der Waals surface area contributed by atoms with Crippen molar-refractivity contribution in [2.24, 2.45) is 0 Å². The largest absolute Gasteiger partial charge is 0.0885 e. The van der Waals surface area contributed by atoms with Crippen molar-refractivity contribution in [1.29, 1.82) is 0 Å². The third-order valence-corrected chi connectivity index (χ3v) is 7.02. The van der Waals surface area contributed by atoms with Crippen molar-refractivity contribution in [3.63, 3.8) is 0 Å². The van der Waals surface area contributed by atoms with Crippen LogP contribution in [-0.2, 0) is 0 Å². The van der Waals surface area contributed by atoms with Crippen LogP contribution in [0.1, 0.15) is 187 Å². The van der Waals surface area contributed by atoms with Gasteiger partial charge in [0.05, 0.1) is 0 Å². The maximum absolute atomic E-state index is 2.45. The molecule has 0 saturated heterocycles. The van der Waals surface area contributed by atoms with Gasteiger partial charge in [-0.15, -0.1) is 0 Å². The van der Waals surface area contributed by atoms with E-state index in [4.69, 9.17) is 0 Å². The highest BCUT2D eigenvalue weighted by Gasteiger charge is 1.93. The summed E-state index contributed by atoms with van der Waals surface area (Å²) >= 11 is 0. The molecule has 0 fully saturated rings. The monoisotopic (exact) mass is 461 g/mol. The van der Waals surface area contributed by atoms with Crippen LogP contribution in [0.3, 0.4) is 0 Å². The van der Waals surface area contributed by atoms with Gasteiger partial charge in [-0.25, -0.2) is 0 Å². The van der Waals surface area contributed by atoms with Crippen molar-refractivity contribution >= 4 is 0 Å². The first-order chi connectivity index (χ1) is 16.4. The molecule has 0 aliphatic carbocycles. The molecule has 0 spiro atoms. The summed E-state index contributed by atoms with van der Waals surface area (Å²) in [6.45, 7) is 4.59. The van der Waals surface area contributed by atoms with Crippen LogP contribution in [0.2, 0.25) is 0 Å². The molecule has 0 radical (unpaired) electrons. The second kappa shape index (κ2) is 31.5. The second-order valence-corrected chi connectivity index (χ2v) is 10.5. The van der Waals surface area contributed by atoms with Crippen LogP contribution in [0, 0.1) is 0 Å². The van der Waals surface area contributed by atoms with Crippen LogP contribution in [0.5, 0.6) is 0 Å². The first-order valence-corrected chi connectivity index (χ1v) is 15.7. The molecule has 0 aliphatic heterocycles. The van der Waals surface area contributed by atoms with Gasteiger partial charge in [0.25, 0.3) is 0 Å². The van der Waals surface area contributed by atoms with Crippen LogP contribution < -0.4 is 0 Å². The van der Waals surface area contributed by atoms with Crippen molar-refractivity contribution in [3.8, 4) is 0 Å². The normalized spacial score (nSPS) is 11.9. The molecule has 0 bridgehead atoms. The summed E-state index contributed by atoms with van der Waals surface area (Å²) in [5, 5.41) is 0. The van der Waals surface area contributed by atoms with Crippen molar-refractivity contribution in [1.82, 2.24) is 0 Å². The van der Waals surface area contributed by atoms with Gasteiger partial charge in [0.1, 0.15) is 0 Å². The van der Waals surface area contributed by atoms with Gasteiger partial charge in [-0.2, -0.15) is 0 Å². The van der Waals surface area contributed by atoms with E-state index in [1.165, 1.54) is 173 Å². The van der Waals surface area contributed by atoms with Crippen molar-refractivity contribution in [2.45, 2.75) is 187 Å². The summed E-state index contributed by atoms with van der Waals surface area (Å²) in [6, 6.07) is 0. The Hall–Kier alpha value is -0.520. The lowest BCUT2D eigenvalue weighted by Crippen LogP contribution is -1.82. The third-order valence-electron chi connectivity index (χ3n) is 7.02. The Bertz CT molecular complexity index is 377. The van der Waals surface area contributed by atoms with Crippen LogP contribution >= 0.6 is 0 Å². The topological polar surface area (TPSA) is 0 Å². The zero-order valence-corrected chi connectivity index (χ0v) is 23.4. The Kier molecular flexibility index (Phi) is 31.0. The maximum Gasteiger partial charge on any atom is -0.0351 e. The molecule has 196 valence electrons. The van der Waals surface area contributed by atoms with E-state index in [1.54, 1.807) is 0 Å². The molecule has 0 aliphatic rings. The molecule has 0 unspecified atom stereocenters. The minimum Gasteiger partial charge on any atom is -0.0885 e. The summed E-state index contributed by atoms with van der Waals surface area (Å²) in [7, 11) is 0. The summed E-state index contributed by atoms with van der Waals surface area (Å²) in [6.07, 6.45) is 47.9. The average molecular weight is 461 g/mol. The SMILES string of the molecule is CCCCCCCCC=CCCCCCCCCC=CCCCCCCCCCCCCC. The van der Waals surface area contributed by atoms with E-state index in [0.29, 0.717) is 0 Å². The van der Waals surface area contributed by atoms with Crippen LogP contribution in [0.4, 0.5) is 0 Å². The Morgan fingerprint density at radius 1 is 0.242 bits per heavy atom. The van der Waals surface area contributed by atoms with E-state index >= 15 is 0 Å². The van der Waals surface area contributed by atoms with Gasteiger partial charge in [0.15, 0.2) is 0 Å². The fourth-order valence-corrected chi connectivity index (χ4v) is 4.67. The third kappa shape index (κ3) is 31.5. The van der Waals surface area contributed by atoms with Gasteiger partial charge >= 0.3 is 0 Å². The molecule has 0 nitrogen and oxygen atoms in total. The maximum atomic E-state index is 2.45. The quantitative estimate of drug-likeness (QED) is 0.0804. The lowest BCUT2D eigenvalue weighted by molar-refractivity contribution is 0.550. The van der Waals surface area contributed by atoms with E-state index in [-0.39, 0.29) is 0 Å². The fourth-order valence-electron chi connectivity index (χ4n) is 4.67. The van der Waals surface area contributed by atoms with Crippen molar-refractivity contribution < 1.29 is 0 Å². The van der Waals surface area contributed by atoms with Gasteiger partial charge in [0.2, 0.25) is 0 Å². The van der Waals surface area contributed by atoms with Gasteiger partial charge in [-0.1, -0.05) is 160 Å². The zero-order chi connectivity index (χ0) is 23.9. The predicted octanol–water partition coefficient (Wildman–Crippen LogP) is 12.7. The first-order valence-electron chi connectivity index (χ1n) is 15.7. The molecule has 0 N–H and O–H groups in total. The Balaban J connectivity index is 3.12. The Morgan fingerprint density at radius 2 is 0.424 bits per heavy atom. The van der Waals surface area contributed by atoms with Crippen molar-refractivity contribution in [2.75, 3.05) is 0 Å². The molecule has 33 heavy (non-hydrogen) atoms. The highest BCUT2D eigenvalue weighted by molar-refractivity contribution is 4.82. The molecule has 0 saturated carbocycles. The number of rotatable bonds is 28. The fraction of sp³-hybridized carbons (Fsp3) is 0.879. The van der Waals surface area contributed by atoms with E-state index < -0.39 is 0 Å². The molecule has 0 aromatic heterocycles. The molecule has 0 heterocycles. The van der Waals surface area contributed by atoms with Gasteiger partial charge in [0, 0.05) is 0 Å². The molecule has 0 rings (SSSR count). The highest BCUT2D eigenvalue weighted by atomic mass is 14.0. The van der Waals surface area contributed by atoms with Gasteiger partial charge in [-0.05, 0) is 51.4 Å². The van der Waals surface area contributed by atoms with E-state index in [0.717, 1.165) is 0 Å². The molecule has 0 aromatic rings. The molecular formula is C33H64. The second-order valence-electron chi connectivity index (χ2n) is 10.5. The minimum absolute atomic E-state index is 1.30. The van der Waals surface area contributed by atoms with E-state index in [1.807, 2.05) is 0 Å². The minimum atomic E-state index is 1.30. The average Bonchev–Trinajstić information content (AvgIpc) is 2.83. The molecule has 0 atom stereocenters. The summed E-state index contributed by atoms with van der Waals surface area (Å²) in [5.74, 6) is 0. The number of hydrogen-bond donors (Lipinski definition) is 0. The van der Waals surface area contributed by atoms with Crippen LogP contribution in [0.25, 0.3) is 0 Å². The van der Waals surface area contributed by atoms with E-state index in [9.17, 15) is 0 Å². The molecule has 0 aromatic carbocycles. The first kappa shape index (κ1) is 32.5. The lowest BCUT2D eigenvalue weighted by Gasteiger charge is -2.02. The zero-order valence-electron chi connectivity index (χ0n) is 23.4. The number of hydrogen-bond acceptors (Lipinski definition) is 0. The smallest absolute Gasteiger partial charge is 0.0351 e. The Labute approximate surface area is 211 Å². The van der Waals surface area contributed by atoms with Gasteiger partial charge < -0.3 is 0 Å².